The van der Waals surface area contributed by atoms with Gasteiger partial charge in [-0.15, -0.1) is 0 Å². The van der Waals surface area contributed by atoms with Crippen molar-refractivity contribution in [2.45, 2.75) is 39.5 Å². The van der Waals surface area contributed by atoms with Gasteiger partial charge in [0.2, 0.25) is 0 Å². The van der Waals surface area contributed by atoms with E-state index in [1.165, 1.54) is 12.1 Å². The van der Waals surface area contributed by atoms with Gasteiger partial charge in [-0.2, -0.15) is 0 Å². The van der Waals surface area contributed by atoms with Crippen molar-refractivity contribution in [3.63, 3.8) is 0 Å². The second kappa shape index (κ2) is 8.72. The fourth-order valence-corrected chi connectivity index (χ4v) is 1.06. The molecule has 0 heterocycles. The Kier molecular flexibility index (Phi) is 8.46. The maximum Gasteiger partial charge on any atom is 0.0514 e. The van der Waals surface area contributed by atoms with E-state index < -0.39 is 0 Å². The molecule has 2 heteroatoms. The Morgan fingerprint density at radius 3 is 2.42 bits per heavy atom. The van der Waals surface area contributed by atoms with Gasteiger partial charge in [0.1, 0.15) is 0 Å². The maximum atomic E-state index is 5.02. The number of ether oxygens (including phenoxy) is 1. The predicted octanol–water partition coefficient (Wildman–Crippen LogP) is 2.67. The van der Waals surface area contributed by atoms with Crippen molar-refractivity contribution in [2.75, 3.05) is 20.3 Å². The Morgan fingerprint density at radius 1 is 1.17 bits per heavy atom. The first-order valence-electron chi connectivity index (χ1n) is 4.86. The minimum Gasteiger partial charge on any atom is -0.384 e. The van der Waals surface area contributed by atoms with Crippen LogP contribution in [0.15, 0.2) is 4.99 Å². The van der Waals surface area contributed by atoms with Gasteiger partial charge < -0.3 is 4.74 Å². The molecule has 0 aromatic rings. The van der Waals surface area contributed by atoms with Crippen molar-refractivity contribution >= 4 is 5.71 Å². The number of rotatable bonds is 7. The third kappa shape index (κ3) is 6.35. The van der Waals surface area contributed by atoms with Gasteiger partial charge >= 0.3 is 0 Å². The Hall–Kier alpha value is -0.370. The van der Waals surface area contributed by atoms with Gasteiger partial charge in [0, 0.05) is 25.8 Å². The molecule has 72 valence electrons. The molecule has 0 atom stereocenters. The van der Waals surface area contributed by atoms with Crippen LogP contribution in [0.4, 0.5) is 0 Å². The van der Waals surface area contributed by atoms with Crippen molar-refractivity contribution < 1.29 is 4.74 Å². The van der Waals surface area contributed by atoms with E-state index in [1.54, 1.807) is 7.11 Å². The van der Waals surface area contributed by atoms with Crippen LogP contribution in [0, 0.1) is 0 Å². The van der Waals surface area contributed by atoms with E-state index in [2.05, 4.69) is 18.8 Å². The van der Waals surface area contributed by atoms with Gasteiger partial charge in [-0.25, -0.2) is 0 Å². The highest BCUT2D eigenvalue weighted by Crippen LogP contribution is 1.98. The molecule has 0 unspecified atom stereocenters. The summed E-state index contributed by atoms with van der Waals surface area (Å²) in [6.07, 6.45) is 4.46. The third-order valence-corrected chi connectivity index (χ3v) is 1.69. The highest BCUT2D eigenvalue weighted by atomic mass is 16.5. The van der Waals surface area contributed by atoms with Crippen LogP contribution in [0.2, 0.25) is 0 Å². The molecule has 0 fully saturated rings. The second-order valence-electron chi connectivity index (χ2n) is 2.94. The van der Waals surface area contributed by atoms with E-state index in [-0.39, 0.29) is 0 Å². The van der Waals surface area contributed by atoms with E-state index in [1.807, 2.05) is 0 Å². The van der Waals surface area contributed by atoms with Crippen LogP contribution in [0.3, 0.4) is 0 Å². The van der Waals surface area contributed by atoms with Gasteiger partial charge in [0.25, 0.3) is 0 Å². The molecule has 0 radical (unpaired) electrons. The van der Waals surface area contributed by atoms with Crippen LogP contribution in [-0.4, -0.2) is 26.0 Å². The first kappa shape index (κ1) is 11.6. The van der Waals surface area contributed by atoms with Crippen molar-refractivity contribution in [2.24, 2.45) is 4.99 Å². The Morgan fingerprint density at radius 2 is 1.92 bits per heavy atom. The summed E-state index contributed by atoms with van der Waals surface area (Å²) in [5.41, 5.74) is 1.32. The summed E-state index contributed by atoms with van der Waals surface area (Å²) in [6, 6.07) is 0. The summed E-state index contributed by atoms with van der Waals surface area (Å²) in [5, 5.41) is 0. The molecule has 0 saturated heterocycles. The molecule has 0 amide bonds. The maximum absolute atomic E-state index is 5.02. The monoisotopic (exact) mass is 171 g/mol. The topological polar surface area (TPSA) is 21.6 Å². The molecule has 0 saturated carbocycles. The third-order valence-electron chi connectivity index (χ3n) is 1.69. The lowest BCUT2D eigenvalue weighted by atomic mass is 10.1. The first-order valence-corrected chi connectivity index (χ1v) is 4.86. The molecular formula is C10H21NO. The fraction of sp³-hybridized carbons (Fsp3) is 0.900. The van der Waals surface area contributed by atoms with Crippen LogP contribution >= 0.6 is 0 Å². The zero-order valence-corrected chi connectivity index (χ0v) is 8.60. The van der Waals surface area contributed by atoms with Gasteiger partial charge in [-0.1, -0.05) is 20.3 Å². The summed E-state index contributed by atoms with van der Waals surface area (Å²) in [4.78, 5) is 4.51. The minimum absolute atomic E-state index is 0.808. The lowest BCUT2D eigenvalue weighted by Crippen LogP contribution is -2.03. The van der Waals surface area contributed by atoms with E-state index in [4.69, 9.17) is 4.74 Å². The zero-order valence-electron chi connectivity index (χ0n) is 8.60. The summed E-state index contributed by atoms with van der Waals surface area (Å²) in [7, 11) is 1.74. The molecule has 0 aromatic carbocycles. The summed E-state index contributed by atoms with van der Waals surface area (Å²) >= 11 is 0. The smallest absolute Gasteiger partial charge is 0.0514 e. The van der Waals surface area contributed by atoms with Gasteiger partial charge in [0.05, 0.1) is 6.61 Å². The van der Waals surface area contributed by atoms with E-state index in [9.17, 15) is 0 Å². The summed E-state index contributed by atoms with van der Waals surface area (Å²) in [5.74, 6) is 0. The number of methoxy groups -OCH3 is 1. The molecule has 0 aliphatic carbocycles. The molecule has 2 nitrogen and oxygen atoms in total. The molecule has 0 rings (SSSR count). The lowest BCUT2D eigenvalue weighted by molar-refractivity contribution is 0.207. The van der Waals surface area contributed by atoms with Gasteiger partial charge in [-0.05, 0) is 12.8 Å². The Labute approximate surface area is 76.0 Å². The number of hydrogen-bond donors (Lipinski definition) is 0. The van der Waals surface area contributed by atoms with Gasteiger partial charge in [-0.3, -0.25) is 4.99 Å². The normalized spacial score (nSPS) is 12.1. The Balaban J connectivity index is 3.68. The molecule has 0 bridgehead atoms. The molecule has 0 aromatic heterocycles. The highest BCUT2D eigenvalue weighted by Gasteiger charge is 1.96. The quantitative estimate of drug-likeness (QED) is 0.540. The van der Waals surface area contributed by atoms with Gasteiger partial charge in [0.15, 0.2) is 0 Å². The van der Waals surface area contributed by atoms with Crippen molar-refractivity contribution in [3.8, 4) is 0 Å². The van der Waals surface area contributed by atoms with Crippen LogP contribution in [0.1, 0.15) is 39.5 Å². The summed E-state index contributed by atoms with van der Waals surface area (Å²) < 4.78 is 5.02. The van der Waals surface area contributed by atoms with E-state index in [0.717, 1.165) is 32.4 Å². The number of nitrogens with zero attached hydrogens (tertiary/aromatic N) is 1. The van der Waals surface area contributed by atoms with E-state index >= 15 is 0 Å². The minimum atomic E-state index is 0.808. The van der Waals surface area contributed by atoms with Crippen molar-refractivity contribution in [1.82, 2.24) is 0 Å². The molecule has 0 aliphatic heterocycles. The second-order valence-corrected chi connectivity index (χ2v) is 2.94. The molecule has 12 heavy (non-hydrogen) atoms. The molecule has 0 aliphatic rings. The summed E-state index contributed by atoms with van der Waals surface area (Å²) in [6.45, 7) is 6.12. The lowest BCUT2D eigenvalue weighted by Gasteiger charge is -2.03. The standard InChI is InChI=1S/C10H21NO/c1-4-6-10(7-9-12-3)11-8-5-2/h4-9H2,1-3H3. The number of aliphatic imine (C=N–C) groups is 1. The SMILES string of the molecule is CCCN=C(CCC)CCOC. The molecule has 0 N–H and O–H groups in total. The molecule has 0 spiro atoms. The number of hydrogen-bond acceptors (Lipinski definition) is 2. The fourth-order valence-electron chi connectivity index (χ4n) is 1.06. The first-order chi connectivity index (χ1) is 5.85. The van der Waals surface area contributed by atoms with Crippen LogP contribution in [-0.2, 0) is 4.74 Å². The molecular weight excluding hydrogens is 150 g/mol. The van der Waals surface area contributed by atoms with Crippen LogP contribution in [0.5, 0.6) is 0 Å². The van der Waals surface area contributed by atoms with Crippen LogP contribution < -0.4 is 0 Å². The highest BCUT2D eigenvalue weighted by molar-refractivity contribution is 5.84. The van der Waals surface area contributed by atoms with E-state index in [0.29, 0.717) is 0 Å². The predicted molar refractivity (Wildman–Crippen MR) is 54.0 cm³/mol. The average molecular weight is 171 g/mol. The van der Waals surface area contributed by atoms with Crippen molar-refractivity contribution in [1.29, 1.82) is 0 Å². The van der Waals surface area contributed by atoms with Crippen LogP contribution in [0.25, 0.3) is 0 Å². The van der Waals surface area contributed by atoms with Crippen molar-refractivity contribution in [3.05, 3.63) is 0 Å². The average Bonchev–Trinajstić information content (AvgIpc) is 2.10. The Bertz CT molecular complexity index is 121. The largest absolute Gasteiger partial charge is 0.384 e. The zero-order chi connectivity index (χ0) is 9.23.